The van der Waals surface area contributed by atoms with Crippen LogP contribution in [0.5, 0.6) is 0 Å². The van der Waals surface area contributed by atoms with Crippen LogP contribution >= 0.6 is 0 Å². The highest BCUT2D eigenvalue weighted by Gasteiger charge is 2.38. The Hall–Kier alpha value is -1.07. The van der Waals surface area contributed by atoms with E-state index >= 15 is 0 Å². The van der Waals surface area contributed by atoms with Crippen molar-refractivity contribution >= 4 is 0 Å². The fourth-order valence-electron chi connectivity index (χ4n) is 3.19. The number of nitrogens with zero attached hydrogens (tertiary/aromatic N) is 1. The van der Waals surface area contributed by atoms with Crippen molar-refractivity contribution in [2.45, 2.75) is 44.4 Å². The number of rotatable bonds is 4. The monoisotopic (exact) mass is 286 g/mol. The first kappa shape index (κ1) is 15.3. The molecular formula is C15H21F3N2. The lowest BCUT2D eigenvalue weighted by Crippen LogP contribution is -2.38. The average Bonchev–Trinajstić information content (AvgIpc) is 2.87. The molecule has 1 heterocycles. The van der Waals surface area contributed by atoms with Crippen molar-refractivity contribution in [3.63, 3.8) is 0 Å². The van der Waals surface area contributed by atoms with Gasteiger partial charge in [-0.25, -0.2) is 0 Å². The van der Waals surface area contributed by atoms with E-state index in [9.17, 15) is 13.2 Å². The Morgan fingerprint density at radius 1 is 1.35 bits per heavy atom. The smallest absolute Gasteiger partial charge is 0.329 e. The van der Waals surface area contributed by atoms with Crippen LogP contribution in [0.15, 0.2) is 24.3 Å². The normalized spacial score (nSPS) is 22.1. The first-order valence-electron chi connectivity index (χ1n) is 7.11. The van der Waals surface area contributed by atoms with Crippen LogP contribution in [0.3, 0.4) is 0 Å². The molecule has 0 bridgehead atoms. The highest BCUT2D eigenvalue weighted by molar-refractivity contribution is 5.33. The molecule has 1 aromatic carbocycles. The van der Waals surface area contributed by atoms with Gasteiger partial charge in [0.2, 0.25) is 0 Å². The Bertz CT molecular complexity index is 445. The van der Waals surface area contributed by atoms with Gasteiger partial charge in [0.1, 0.15) is 0 Å². The van der Waals surface area contributed by atoms with Gasteiger partial charge >= 0.3 is 6.18 Å². The number of nitrogens with two attached hydrogens (primary N) is 1. The number of likely N-dealkylation sites (tertiary alicyclic amines) is 1. The Morgan fingerprint density at radius 2 is 2.05 bits per heavy atom. The van der Waals surface area contributed by atoms with Crippen LogP contribution in [-0.4, -0.2) is 24.0 Å². The van der Waals surface area contributed by atoms with Crippen LogP contribution in [0.2, 0.25) is 0 Å². The van der Waals surface area contributed by atoms with Gasteiger partial charge in [-0.3, -0.25) is 4.90 Å². The summed E-state index contributed by atoms with van der Waals surface area (Å²) in [6, 6.07) is 5.79. The molecule has 1 aromatic rings. The van der Waals surface area contributed by atoms with E-state index in [-0.39, 0.29) is 12.6 Å². The molecule has 1 fully saturated rings. The molecular weight excluding hydrogens is 265 g/mol. The molecule has 0 amide bonds. The van der Waals surface area contributed by atoms with Gasteiger partial charge in [0.05, 0.1) is 5.56 Å². The van der Waals surface area contributed by atoms with Gasteiger partial charge in [0, 0.05) is 18.6 Å². The van der Waals surface area contributed by atoms with E-state index in [4.69, 9.17) is 5.73 Å². The molecule has 2 atom stereocenters. The maximum absolute atomic E-state index is 13.2. The second-order valence-electron chi connectivity index (χ2n) is 5.28. The lowest BCUT2D eigenvalue weighted by molar-refractivity contribution is -0.138. The second kappa shape index (κ2) is 6.14. The van der Waals surface area contributed by atoms with Gasteiger partial charge in [-0.1, -0.05) is 25.1 Å². The van der Waals surface area contributed by atoms with Crippen LogP contribution in [0.4, 0.5) is 13.2 Å². The molecule has 0 radical (unpaired) electrons. The van der Waals surface area contributed by atoms with Crippen molar-refractivity contribution in [3.05, 3.63) is 35.4 Å². The first-order chi connectivity index (χ1) is 9.49. The van der Waals surface area contributed by atoms with Crippen molar-refractivity contribution in [2.75, 3.05) is 13.1 Å². The third kappa shape index (κ3) is 2.99. The Balaban J connectivity index is 2.37. The molecule has 1 saturated heterocycles. The Morgan fingerprint density at radius 3 is 2.65 bits per heavy atom. The van der Waals surface area contributed by atoms with Crippen molar-refractivity contribution < 1.29 is 13.2 Å². The van der Waals surface area contributed by atoms with E-state index in [0.717, 1.165) is 31.9 Å². The van der Waals surface area contributed by atoms with Gasteiger partial charge in [-0.15, -0.1) is 0 Å². The zero-order valence-corrected chi connectivity index (χ0v) is 11.7. The fraction of sp³-hybridized carbons (Fsp3) is 0.600. The summed E-state index contributed by atoms with van der Waals surface area (Å²) in [5, 5.41) is 0. The molecule has 2 nitrogen and oxygen atoms in total. The topological polar surface area (TPSA) is 29.3 Å². The van der Waals surface area contributed by atoms with Gasteiger partial charge in [0.25, 0.3) is 0 Å². The molecule has 0 saturated carbocycles. The molecule has 20 heavy (non-hydrogen) atoms. The van der Waals surface area contributed by atoms with Crippen molar-refractivity contribution in [2.24, 2.45) is 5.73 Å². The summed E-state index contributed by atoms with van der Waals surface area (Å²) in [6.45, 7) is 3.11. The van der Waals surface area contributed by atoms with Crippen molar-refractivity contribution in [3.8, 4) is 0 Å². The minimum absolute atomic E-state index is 0.212. The molecule has 2 rings (SSSR count). The maximum Gasteiger partial charge on any atom is 0.416 e. The molecule has 1 aliphatic heterocycles. The standard InChI is InChI=1S/C15H21F3N2/c1-2-11-6-5-9-20(11)14(10-19)12-7-3-4-8-13(12)15(16,17)18/h3-4,7-8,11,14H,2,5-6,9-10,19H2,1H3. The van der Waals surface area contributed by atoms with E-state index in [0.29, 0.717) is 11.6 Å². The quantitative estimate of drug-likeness (QED) is 0.916. The van der Waals surface area contributed by atoms with Gasteiger partial charge < -0.3 is 5.73 Å². The maximum atomic E-state index is 13.2. The molecule has 2 N–H and O–H groups in total. The second-order valence-corrected chi connectivity index (χ2v) is 5.28. The molecule has 1 aliphatic rings. The van der Waals surface area contributed by atoms with E-state index < -0.39 is 11.7 Å². The summed E-state index contributed by atoms with van der Waals surface area (Å²) >= 11 is 0. The molecule has 0 aliphatic carbocycles. The minimum Gasteiger partial charge on any atom is -0.329 e. The third-order valence-corrected chi connectivity index (χ3v) is 4.14. The zero-order valence-electron chi connectivity index (χ0n) is 11.7. The predicted molar refractivity (Wildman–Crippen MR) is 73.3 cm³/mol. The summed E-state index contributed by atoms with van der Waals surface area (Å²) in [6.07, 6.45) is -1.31. The van der Waals surface area contributed by atoms with Crippen LogP contribution in [-0.2, 0) is 6.18 Å². The van der Waals surface area contributed by atoms with Gasteiger partial charge in [-0.2, -0.15) is 13.2 Å². The van der Waals surface area contributed by atoms with E-state index in [2.05, 4.69) is 11.8 Å². The molecule has 0 spiro atoms. The van der Waals surface area contributed by atoms with Crippen molar-refractivity contribution in [1.82, 2.24) is 4.90 Å². The zero-order chi connectivity index (χ0) is 14.8. The van der Waals surface area contributed by atoms with Gasteiger partial charge in [-0.05, 0) is 37.4 Å². The summed E-state index contributed by atoms with van der Waals surface area (Å²) in [5.74, 6) is 0. The Kier molecular flexibility index (Phi) is 4.70. The Labute approximate surface area is 117 Å². The summed E-state index contributed by atoms with van der Waals surface area (Å²) in [7, 11) is 0. The number of alkyl halides is 3. The van der Waals surface area contributed by atoms with Crippen LogP contribution < -0.4 is 5.73 Å². The average molecular weight is 286 g/mol. The molecule has 5 heteroatoms. The summed E-state index contributed by atoms with van der Waals surface area (Å²) < 4.78 is 39.5. The largest absolute Gasteiger partial charge is 0.416 e. The highest BCUT2D eigenvalue weighted by Crippen LogP contribution is 2.38. The molecule has 2 unspecified atom stereocenters. The number of benzene rings is 1. The highest BCUT2D eigenvalue weighted by atomic mass is 19.4. The van der Waals surface area contributed by atoms with E-state index in [1.165, 1.54) is 6.07 Å². The predicted octanol–water partition coefficient (Wildman–Crippen LogP) is 3.58. The molecule has 112 valence electrons. The van der Waals surface area contributed by atoms with E-state index in [1.54, 1.807) is 12.1 Å². The van der Waals surface area contributed by atoms with E-state index in [1.807, 2.05) is 0 Å². The molecule has 0 aromatic heterocycles. The number of hydrogen-bond acceptors (Lipinski definition) is 2. The number of halogens is 3. The lowest BCUT2D eigenvalue weighted by Gasteiger charge is -2.33. The third-order valence-electron chi connectivity index (χ3n) is 4.14. The summed E-state index contributed by atoms with van der Waals surface area (Å²) in [5.41, 5.74) is 5.55. The lowest BCUT2D eigenvalue weighted by atomic mass is 9.97. The van der Waals surface area contributed by atoms with Crippen LogP contribution in [0.1, 0.15) is 43.4 Å². The summed E-state index contributed by atoms with van der Waals surface area (Å²) in [4.78, 5) is 2.14. The van der Waals surface area contributed by atoms with Gasteiger partial charge in [0.15, 0.2) is 0 Å². The minimum atomic E-state index is -4.33. The van der Waals surface area contributed by atoms with Crippen LogP contribution in [0, 0.1) is 0 Å². The SMILES string of the molecule is CCC1CCCN1C(CN)c1ccccc1C(F)(F)F. The van der Waals surface area contributed by atoms with Crippen LogP contribution in [0.25, 0.3) is 0 Å². The number of hydrogen-bond donors (Lipinski definition) is 1. The fourth-order valence-corrected chi connectivity index (χ4v) is 3.19. The first-order valence-corrected chi connectivity index (χ1v) is 7.11. The van der Waals surface area contributed by atoms with Crippen molar-refractivity contribution in [1.29, 1.82) is 0 Å².